The Kier molecular flexibility index (Phi) is 10.6. The number of carbonyl (C=O) groups is 2. The van der Waals surface area contributed by atoms with Gasteiger partial charge < -0.3 is 15.0 Å². The number of ether oxygens (including phenoxy) is 1. The van der Waals surface area contributed by atoms with Crippen molar-refractivity contribution in [1.29, 1.82) is 0 Å². The van der Waals surface area contributed by atoms with Crippen LogP contribution in [0.5, 0.6) is 5.75 Å². The molecule has 8 nitrogen and oxygen atoms in total. The van der Waals surface area contributed by atoms with Crippen LogP contribution in [-0.4, -0.2) is 57.6 Å². The molecule has 0 unspecified atom stereocenters. The minimum absolute atomic E-state index is 0.107. The average molecular weight is 538 g/mol. The van der Waals surface area contributed by atoms with E-state index < -0.39 is 28.5 Å². The van der Waals surface area contributed by atoms with E-state index in [1.807, 2.05) is 26.8 Å². The van der Waals surface area contributed by atoms with Crippen LogP contribution in [0, 0.1) is 12.8 Å². The highest BCUT2D eigenvalue weighted by atomic mass is 35.5. The highest BCUT2D eigenvalue weighted by Gasteiger charge is 2.32. The lowest BCUT2D eigenvalue weighted by atomic mass is 10.1. The van der Waals surface area contributed by atoms with Gasteiger partial charge in [0, 0.05) is 18.1 Å². The topological polar surface area (TPSA) is 96.0 Å². The molecule has 0 aliphatic heterocycles. The monoisotopic (exact) mass is 537 g/mol. The fraction of sp³-hybridized carbons (Fsp3) is 0.462. The van der Waals surface area contributed by atoms with Crippen molar-refractivity contribution in [1.82, 2.24) is 10.2 Å². The van der Waals surface area contributed by atoms with Gasteiger partial charge in [0.15, 0.2) is 0 Å². The SMILES string of the molecule is CC[C@H](C(=O)NCC(C)C)N(Cc1cccc(OC)c1)C(=O)CN(c1ccc(C)c(Cl)c1)S(C)(=O)=O. The molecule has 0 heterocycles. The predicted molar refractivity (Wildman–Crippen MR) is 144 cm³/mol. The van der Waals surface area contributed by atoms with Crippen LogP contribution in [0.1, 0.15) is 38.3 Å². The molecule has 1 N–H and O–H groups in total. The zero-order valence-electron chi connectivity index (χ0n) is 21.7. The van der Waals surface area contributed by atoms with Crippen LogP contribution >= 0.6 is 11.6 Å². The van der Waals surface area contributed by atoms with Crippen LogP contribution in [0.4, 0.5) is 5.69 Å². The van der Waals surface area contributed by atoms with Gasteiger partial charge in [-0.05, 0) is 54.7 Å². The molecule has 10 heteroatoms. The molecule has 0 bridgehead atoms. The Balaban J connectivity index is 2.46. The van der Waals surface area contributed by atoms with E-state index in [2.05, 4.69) is 5.32 Å². The Morgan fingerprint density at radius 3 is 2.39 bits per heavy atom. The van der Waals surface area contributed by atoms with Gasteiger partial charge in [0.25, 0.3) is 0 Å². The van der Waals surface area contributed by atoms with E-state index >= 15 is 0 Å². The molecular weight excluding hydrogens is 502 g/mol. The number of amides is 2. The number of anilines is 1. The molecule has 0 saturated carbocycles. The second-order valence-corrected chi connectivity index (χ2v) is 11.5. The van der Waals surface area contributed by atoms with Gasteiger partial charge in [-0.2, -0.15) is 0 Å². The van der Waals surface area contributed by atoms with Gasteiger partial charge >= 0.3 is 0 Å². The normalized spacial score (nSPS) is 12.2. The van der Waals surface area contributed by atoms with Gasteiger partial charge in [-0.3, -0.25) is 13.9 Å². The van der Waals surface area contributed by atoms with Gasteiger partial charge in [0.1, 0.15) is 18.3 Å². The molecule has 2 aromatic carbocycles. The third kappa shape index (κ3) is 8.13. The Morgan fingerprint density at radius 2 is 1.83 bits per heavy atom. The highest BCUT2D eigenvalue weighted by molar-refractivity contribution is 7.92. The van der Waals surface area contributed by atoms with E-state index in [1.165, 1.54) is 11.0 Å². The number of carbonyl (C=O) groups excluding carboxylic acids is 2. The number of hydrogen-bond donors (Lipinski definition) is 1. The standard InChI is InChI=1S/C26H36ClN3O5S/c1-7-24(26(32)28-15-18(2)3)29(16-20-9-8-10-22(13-20)35-5)25(31)17-30(36(6,33)34)21-12-11-19(4)23(27)14-21/h8-14,18,24H,7,15-17H2,1-6H3,(H,28,32)/t24-/m1/s1. The van der Waals surface area contributed by atoms with Gasteiger partial charge in [0.05, 0.1) is 19.1 Å². The molecule has 0 spiro atoms. The van der Waals surface area contributed by atoms with Crippen LogP contribution in [-0.2, 0) is 26.2 Å². The van der Waals surface area contributed by atoms with Crippen LogP contribution in [0.3, 0.4) is 0 Å². The third-order valence-corrected chi connectivity index (χ3v) is 7.23. The fourth-order valence-electron chi connectivity index (χ4n) is 3.66. The number of methoxy groups -OCH3 is 1. The smallest absolute Gasteiger partial charge is 0.244 e. The number of nitrogens with zero attached hydrogens (tertiary/aromatic N) is 2. The van der Waals surface area contributed by atoms with Crippen molar-refractivity contribution in [2.45, 2.75) is 46.7 Å². The molecule has 0 fully saturated rings. The van der Waals surface area contributed by atoms with E-state index in [0.717, 1.165) is 21.7 Å². The van der Waals surface area contributed by atoms with E-state index in [4.69, 9.17) is 16.3 Å². The lowest BCUT2D eigenvalue weighted by molar-refractivity contribution is -0.140. The predicted octanol–water partition coefficient (Wildman–Crippen LogP) is 4.00. The minimum atomic E-state index is -3.83. The van der Waals surface area contributed by atoms with E-state index in [1.54, 1.807) is 44.4 Å². The quantitative estimate of drug-likeness (QED) is 0.441. The van der Waals surface area contributed by atoms with E-state index in [-0.39, 0.29) is 24.1 Å². The van der Waals surface area contributed by atoms with E-state index in [9.17, 15) is 18.0 Å². The van der Waals surface area contributed by atoms with Crippen molar-refractivity contribution in [2.75, 3.05) is 30.8 Å². The molecule has 0 saturated heterocycles. The lowest BCUT2D eigenvalue weighted by Gasteiger charge is -2.33. The van der Waals surface area contributed by atoms with Gasteiger partial charge in [-0.25, -0.2) is 8.42 Å². The summed E-state index contributed by atoms with van der Waals surface area (Å²) >= 11 is 6.24. The summed E-state index contributed by atoms with van der Waals surface area (Å²) in [7, 11) is -2.28. The number of rotatable bonds is 12. The van der Waals surface area contributed by atoms with Crippen molar-refractivity contribution in [3.8, 4) is 5.75 Å². The Hall–Kier alpha value is -2.78. The molecule has 1 atom stereocenters. The molecule has 2 aromatic rings. The maximum absolute atomic E-state index is 13.7. The molecule has 0 aliphatic rings. The number of hydrogen-bond acceptors (Lipinski definition) is 5. The number of benzene rings is 2. The second kappa shape index (κ2) is 13.0. The van der Waals surface area contributed by atoms with Crippen LogP contribution < -0.4 is 14.4 Å². The number of aryl methyl sites for hydroxylation is 1. The zero-order chi connectivity index (χ0) is 27.0. The van der Waals surface area contributed by atoms with Crippen molar-refractivity contribution >= 4 is 39.1 Å². The number of halogens is 1. The van der Waals surface area contributed by atoms with Crippen LogP contribution in [0.25, 0.3) is 0 Å². The summed E-state index contributed by atoms with van der Waals surface area (Å²) in [6.07, 6.45) is 1.39. The Bertz CT molecular complexity index is 1170. The molecule has 36 heavy (non-hydrogen) atoms. The Morgan fingerprint density at radius 1 is 1.14 bits per heavy atom. The van der Waals surface area contributed by atoms with Gasteiger partial charge in [-0.15, -0.1) is 0 Å². The van der Waals surface area contributed by atoms with Gasteiger partial charge in [0.2, 0.25) is 21.8 Å². The fourth-order valence-corrected chi connectivity index (χ4v) is 4.68. The first-order valence-electron chi connectivity index (χ1n) is 11.8. The molecule has 0 aliphatic carbocycles. The average Bonchev–Trinajstić information content (AvgIpc) is 2.82. The molecular formula is C26H36ClN3O5S. The van der Waals surface area contributed by atoms with Crippen molar-refractivity contribution in [3.63, 3.8) is 0 Å². The van der Waals surface area contributed by atoms with Crippen LogP contribution in [0.2, 0.25) is 5.02 Å². The van der Waals surface area contributed by atoms with Crippen molar-refractivity contribution < 1.29 is 22.7 Å². The van der Waals surface area contributed by atoms with Crippen molar-refractivity contribution in [2.24, 2.45) is 5.92 Å². The minimum Gasteiger partial charge on any atom is -0.497 e. The molecule has 2 amide bonds. The maximum atomic E-state index is 13.7. The summed E-state index contributed by atoms with van der Waals surface area (Å²) < 4.78 is 31.7. The highest BCUT2D eigenvalue weighted by Crippen LogP contribution is 2.26. The molecule has 0 radical (unpaired) electrons. The van der Waals surface area contributed by atoms with Gasteiger partial charge in [-0.1, -0.05) is 50.6 Å². The maximum Gasteiger partial charge on any atom is 0.244 e. The first-order valence-corrected chi connectivity index (χ1v) is 14.0. The van der Waals surface area contributed by atoms with Crippen molar-refractivity contribution in [3.05, 3.63) is 58.6 Å². The number of nitrogens with one attached hydrogen (secondary N) is 1. The third-order valence-electron chi connectivity index (χ3n) is 5.68. The summed E-state index contributed by atoms with van der Waals surface area (Å²) in [5.41, 5.74) is 1.81. The number of sulfonamides is 1. The van der Waals surface area contributed by atoms with E-state index in [0.29, 0.717) is 23.7 Å². The first-order chi connectivity index (χ1) is 16.9. The summed E-state index contributed by atoms with van der Waals surface area (Å²) in [6.45, 7) is 7.69. The Labute approximate surface area is 219 Å². The molecule has 0 aromatic heterocycles. The summed E-state index contributed by atoms with van der Waals surface area (Å²) in [6, 6.07) is 11.2. The van der Waals surface area contributed by atoms with Crippen LogP contribution in [0.15, 0.2) is 42.5 Å². The molecule has 2 rings (SSSR count). The second-order valence-electron chi connectivity index (χ2n) is 9.14. The lowest BCUT2D eigenvalue weighted by Crippen LogP contribution is -2.52. The zero-order valence-corrected chi connectivity index (χ0v) is 23.3. The largest absolute Gasteiger partial charge is 0.497 e. The summed E-state index contributed by atoms with van der Waals surface area (Å²) in [5, 5.41) is 3.29. The summed E-state index contributed by atoms with van der Waals surface area (Å²) in [4.78, 5) is 28.2. The molecule has 198 valence electrons. The summed E-state index contributed by atoms with van der Waals surface area (Å²) in [5.74, 6) is 0.0588. The first kappa shape index (κ1) is 29.5.